The number of rotatable bonds is 8. The average Bonchev–Trinajstić information content (AvgIpc) is 3.02. The quantitative estimate of drug-likeness (QED) is 0.546. The van der Waals surface area contributed by atoms with Crippen LogP contribution in [-0.2, 0) is 9.22 Å². The first-order valence-corrected chi connectivity index (χ1v) is 9.48. The van der Waals surface area contributed by atoms with E-state index in [4.69, 9.17) is 21.1 Å². The van der Waals surface area contributed by atoms with Crippen molar-refractivity contribution in [1.82, 2.24) is 0 Å². The molecule has 0 heterocycles. The van der Waals surface area contributed by atoms with Crippen molar-refractivity contribution in [3.05, 3.63) is 0 Å². The first-order valence-electron chi connectivity index (χ1n) is 6.51. The molecule has 1 N–H and O–H groups in total. The third-order valence-corrected chi connectivity index (χ3v) is 9.12. The van der Waals surface area contributed by atoms with Gasteiger partial charge in [-0.1, -0.05) is 20.8 Å². The van der Waals surface area contributed by atoms with E-state index in [1.807, 2.05) is 0 Å². The Balaban J connectivity index is 2.67. The maximum absolute atomic E-state index is 10.9. The van der Waals surface area contributed by atoms with Gasteiger partial charge >= 0.3 is 5.97 Å². The van der Waals surface area contributed by atoms with Crippen LogP contribution >= 0.6 is 11.6 Å². The van der Waals surface area contributed by atoms with E-state index < -0.39 is 14.3 Å². The van der Waals surface area contributed by atoms with Gasteiger partial charge in [-0.25, -0.2) is 0 Å². The van der Waals surface area contributed by atoms with Gasteiger partial charge < -0.3 is 9.53 Å². The zero-order valence-electron chi connectivity index (χ0n) is 10.9. The number of hydrogen-bond acceptors (Lipinski definition) is 2. The fourth-order valence-corrected chi connectivity index (χ4v) is 5.61. The number of hydrogen-bond donors (Lipinski definition) is 1. The predicted molar refractivity (Wildman–Crippen MR) is 72.1 cm³/mol. The fraction of sp³-hybridized carbons (Fsp3) is 0.917. The summed E-state index contributed by atoms with van der Waals surface area (Å²) in [4.78, 5) is 10.9. The van der Waals surface area contributed by atoms with Gasteiger partial charge in [0.2, 0.25) is 0 Å². The highest BCUT2D eigenvalue weighted by Crippen LogP contribution is 2.43. The maximum Gasteiger partial charge on any atom is 0.305 e. The summed E-state index contributed by atoms with van der Waals surface area (Å²) < 4.78 is 6.26. The summed E-state index contributed by atoms with van der Waals surface area (Å²) in [5.41, 5.74) is 0. The topological polar surface area (TPSA) is 46.5 Å². The van der Waals surface area contributed by atoms with E-state index in [2.05, 4.69) is 20.8 Å². The molecule has 0 bridgehead atoms. The first kappa shape index (κ1) is 15.0. The monoisotopic (exact) mass is 278 g/mol. The van der Waals surface area contributed by atoms with Crippen molar-refractivity contribution < 1.29 is 14.3 Å². The summed E-state index contributed by atoms with van der Waals surface area (Å²) >= 11 is 6.03. The Morgan fingerprint density at radius 3 is 2.18 bits per heavy atom. The zero-order valence-corrected chi connectivity index (χ0v) is 12.7. The van der Waals surface area contributed by atoms with Crippen molar-refractivity contribution in [2.24, 2.45) is 5.92 Å². The van der Waals surface area contributed by atoms with Crippen LogP contribution in [0.1, 0.15) is 33.6 Å². The Labute approximate surface area is 110 Å². The van der Waals surface area contributed by atoms with Crippen LogP contribution in [0.5, 0.6) is 0 Å². The second-order valence-corrected chi connectivity index (χ2v) is 10.2. The Hall–Kier alpha value is -0.0631. The Morgan fingerprint density at radius 1 is 1.41 bits per heavy atom. The average molecular weight is 279 g/mol. The van der Waals surface area contributed by atoms with Gasteiger partial charge in [-0.3, -0.25) is 4.79 Å². The predicted octanol–water partition coefficient (Wildman–Crippen LogP) is 3.48. The van der Waals surface area contributed by atoms with Crippen LogP contribution in [-0.4, -0.2) is 30.9 Å². The summed E-state index contributed by atoms with van der Waals surface area (Å²) in [6.07, 6.45) is 0.838. The lowest BCUT2D eigenvalue weighted by Crippen LogP contribution is -2.41. The molecule has 1 aliphatic carbocycles. The van der Waals surface area contributed by atoms with Crippen LogP contribution in [0, 0.1) is 5.92 Å². The van der Waals surface area contributed by atoms with Gasteiger partial charge in [0.05, 0.1) is 12.5 Å². The molecule has 17 heavy (non-hydrogen) atoms. The second-order valence-electron chi connectivity index (χ2n) is 4.91. The smallest absolute Gasteiger partial charge is 0.305 e. The van der Waals surface area contributed by atoms with Crippen molar-refractivity contribution in [2.75, 3.05) is 0 Å². The Morgan fingerprint density at radius 2 is 1.88 bits per heavy atom. The van der Waals surface area contributed by atoms with E-state index in [-0.39, 0.29) is 23.8 Å². The lowest BCUT2D eigenvalue weighted by molar-refractivity contribution is -0.139. The van der Waals surface area contributed by atoms with E-state index >= 15 is 0 Å². The molecule has 5 heteroatoms. The molecular weight excluding hydrogens is 256 g/mol. The molecule has 3 nitrogen and oxygen atoms in total. The van der Waals surface area contributed by atoms with Gasteiger partial charge in [0.25, 0.3) is 0 Å². The van der Waals surface area contributed by atoms with Crippen molar-refractivity contribution in [3.8, 4) is 0 Å². The van der Waals surface area contributed by atoms with Crippen LogP contribution in [0.25, 0.3) is 0 Å². The van der Waals surface area contributed by atoms with Gasteiger partial charge in [0, 0.05) is 11.3 Å². The molecule has 0 saturated heterocycles. The Kier molecular flexibility index (Phi) is 5.47. The molecule has 0 aliphatic heterocycles. The third kappa shape index (κ3) is 3.97. The minimum Gasteiger partial charge on any atom is -0.481 e. The molecule has 0 aromatic heterocycles. The highest BCUT2D eigenvalue weighted by atomic mass is 35.5. The number of carboxylic acids is 1. The van der Waals surface area contributed by atoms with Gasteiger partial charge in [-0.2, -0.15) is 0 Å². The molecule has 0 amide bonds. The van der Waals surface area contributed by atoms with Crippen LogP contribution in [0.15, 0.2) is 0 Å². The maximum atomic E-state index is 10.9. The molecule has 0 aromatic carbocycles. The largest absolute Gasteiger partial charge is 0.481 e. The van der Waals surface area contributed by atoms with E-state index in [9.17, 15) is 4.79 Å². The molecule has 3 atom stereocenters. The molecule has 0 radical (unpaired) electrons. The van der Waals surface area contributed by atoms with Gasteiger partial charge in [0.1, 0.15) is 0 Å². The number of aliphatic carboxylic acids is 1. The number of carboxylic acid groups (broad SMARTS) is 1. The van der Waals surface area contributed by atoms with E-state index in [1.165, 1.54) is 0 Å². The highest BCUT2D eigenvalue weighted by Gasteiger charge is 2.46. The molecule has 2 unspecified atom stereocenters. The van der Waals surface area contributed by atoms with Gasteiger partial charge in [0.15, 0.2) is 8.32 Å². The number of alkyl halides is 1. The summed E-state index contributed by atoms with van der Waals surface area (Å²) in [6, 6.07) is 3.15. The zero-order chi connectivity index (χ0) is 13.1. The number of halogens is 1. The summed E-state index contributed by atoms with van der Waals surface area (Å²) in [7, 11) is -1.72. The van der Waals surface area contributed by atoms with Gasteiger partial charge in [-0.15, -0.1) is 11.6 Å². The fourth-order valence-electron chi connectivity index (χ4n) is 2.34. The lowest BCUT2D eigenvalue weighted by Gasteiger charge is -2.33. The molecule has 1 rings (SSSR count). The van der Waals surface area contributed by atoms with Crippen LogP contribution in [0.4, 0.5) is 0 Å². The lowest BCUT2D eigenvalue weighted by atomic mass is 10.2. The molecule has 0 aromatic rings. The van der Waals surface area contributed by atoms with Crippen LogP contribution in [0.2, 0.25) is 18.1 Å². The highest BCUT2D eigenvalue weighted by molar-refractivity contribution is 6.73. The summed E-state index contributed by atoms with van der Waals surface area (Å²) in [5, 5.41) is 9.08. The second kappa shape index (κ2) is 6.21. The standard InChI is InChI=1S/C12H23ClO3Si/c1-4-17(5-2,6-3)16-11(8-12(14)15)9-7-10(9)13/h9-11H,4-8H2,1-3H3,(H,14,15)/t9?,10-,11?/m0/s1. The molecule has 1 saturated carbocycles. The SMILES string of the molecule is CC[Si](CC)(CC)OC(CC(=O)O)C1C[C@@H]1Cl. The summed E-state index contributed by atoms with van der Waals surface area (Å²) in [5.74, 6) is -0.527. The van der Waals surface area contributed by atoms with E-state index in [1.54, 1.807) is 0 Å². The van der Waals surface area contributed by atoms with Crippen LogP contribution in [0.3, 0.4) is 0 Å². The molecular formula is C12H23ClO3Si. The van der Waals surface area contributed by atoms with Crippen molar-refractivity contribution >= 4 is 25.9 Å². The molecule has 0 spiro atoms. The van der Waals surface area contributed by atoms with Crippen molar-refractivity contribution in [1.29, 1.82) is 0 Å². The van der Waals surface area contributed by atoms with Crippen molar-refractivity contribution in [2.45, 2.75) is 63.2 Å². The van der Waals surface area contributed by atoms with E-state index in [0.29, 0.717) is 0 Å². The minimum atomic E-state index is -1.72. The van der Waals surface area contributed by atoms with Gasteiger partial charge in [-0.05, 0) is 24.6 Å². The molecule has 1 aliphatic rings. The Bertz CT molecular complexity index is 260. The summed E-state index contributed by atoms with van der Waals surface area (Å²) in [6.45, 7) is 6.46. The van der Waals surface area contributed by atoms with Crippen LogP contribution < -0.4 is 0 Å². The van der Waals surface area contributed by atoms with E-state index in [0.717, 1.165) is 24.6 Å². The molecule has 100 valence electrons. The normalized spacial score (nSPS) is 25.6. The van der Waals surface area contributed by atoms with Crippen molar-refractivity contribution in [3.63, 3.8) is 0 Å². The minimum absolute atomic E-state index is 0.0998. The number of carbonyl (C=O) groups is 1. The third-order valence-electron chi connectivity index (χ3n) is 3.95. The first-order chi connectivity index (χ1) is 7.98. The molecule has 1 fully saturated rings.